The Morgan fingerprint density at radius 1 is 1.00 bits per heavy atom. The lowest BCUT2D eigenvalue weighted by Gasteiger charge is -2.07. The summed E-state index contributed by atoms with van der Waals surface area (Å²) in [7, 11) is 0. The zero-order valence-electron chi connectivity index (χ0n) is 15.3. The van der Waals surface area contributed by atoms with Crippen LogP contribution in [-0.2, 0) is 6.54 Å². The second-order valence-corrected chi connectivity index (χ2v) is 6.86. The average molecular weight is 406 g/mol. The number of amides is 1. The van der Waals surface area contributed by atoms with Crippen molar-refractivity contribution in [3.63, 3.8) is 0 Å². The molecule has 1 amide bonds. The van der Waals surface area contributed by atoms with Crippen LogP contribution in [0.1, 0.15) is 15.9 Å². The lowest BCUT2D eigenvalue weighted by atomic mass is 10.1. The molecule has 1 heterocycles. The van der Waals surface area contributed by atoms with Gasteiger partial charge in [-0.15, -0.1) is 0 Å². The summed E-state index contributed by atoms with van der Waals surface area (Å²) >= 11 is 6.00. The van der Waals surface area contributed by atoms with E-state index >= 15 is 0 Å². The quantitative estimate of drug-likeness (QED) is 0.492. The number of hydrogen-bond acceptors (Lipinski definition) is 2. The van der Waals surface area contributed by atoms with Crippen LogP contribution >= 0.6 is 11.6 Å². The summed E-state index contributed by atoms with van der Waals surface area (Å²) in [6.45, 7) is 0.254. The first-order valence-corrected chi connectivity index (χ1v) is 9.42. The van der Waals surface area contributed by atoms with Gasteiger partial charge in [-0.1, -0.05) is 60.1 Å². The number of nitrogens with one attached hydrogen (secondary N) is 1. The van der Waals surface area contributed by atoms with E-state index in [1.54, 1.807) is 4.68 Å². The number of benzene rings is 3. The first-order valence-electron chi connectivity index (χ1n) is 9.04. The van der Waals surface area contributed by atoms with Crippen LogP contribution in [-0.4, -0.2) is 15.7 Å². The largest absolute Gasteiger partial charge is 0.348 e. The van der Waals surface area contributed by atoms with Gasteiger partial charge in [0.15, 0.2) is 0 Å². The molecule has 0 saturated carbocycles. The summed E-state index contributed by atoms with van der Waals surface area (Å²) in [6, 6.07) is 23.2. The Labute approximate surface area is 172 Å². The molecule has 1 N–H and O–H groups in total. The Balaban J connectivity index is 1.63. The van der Waals surface area contributed by atoms with Gasteiger partial charge >= 0.3 is 0 Å². The van der Waals surface area contributed by atoms with Crippen LogP contribution in [0.25, 0.3) is 16.9 Å². The number of carbonyl (C=O) groups excluding carboxylic acids is 1. The highest BCUT2D eigenvalue weighted by molar-refractivity contribution is 6.33. The third-order valence-corrected chi connectivity index (χ3v) is 4.79. The van der Waals surface area contributed by atoms with E-state index in [-0.39, 0.29) is 23.0 Å². The molecule has 1 aromatic heterocycles. The number of halogens is 2. The van der Waals surface area contributed by atoms with Crippen molar-refractivity contribution in [2.45, 2.75) is 6.54 Å². The summed E-state index contributed by atoms with van der Waals surface area (Å²) in [5.74, 6) is -0.858. The van der Waals surface area contributed by atoms with Crippen molar-refractivity contribution < 1.29 is 9.18 Å². The Morgan fingerprint density at radius 2 is 1.69 bits per heavy atom. The zero-order valence-corrected chi connectivity index (χ0v) is 16.1. The number of nitrogens with zero attached hydrogens (tertiary/aromatic N) is 2. The molecule has 29 heavy (non-hydrogen) atoms. The molecule has 0 radical (unpaired) electrons. The van der Waals surface area contributed by atoms with Gasteiger partial charge in [0.1, 0.15) is 5.82 Å². The van der Waals surface area contributed by atoms with E-state index < -0.39 is 5.82 Å². The van der Waals surface area contributed by atoms with Gasteiger partial charge in [-0.2, -0.15) is 5.10 Å². The van der Waals surface area contributed by atoms with Crippen molar-refractivity contribution in [3.8, 4) is 16.9 Å². The highest BCUT2D eigenvalue weighted by Gasteiger charge is 2.15. The fraction of sp³-hybridized carbons (Fsp3) is 0.0435. The fourth-order valence-electron chi connectivity index (χ4n) is 3.04. The van der Waals surface area contributed by atoms with Gasteiger partial charge in [0.25, 0.3) is 5.91 Å². The Bertz CT molecular complexity index is 1140. The molecule has 0 bridgehead atoms. The van der Waals surface area contributed by atoms with Crippen LogP contribution in [0.2, 0.25) is 5.02 Å². The van der Waals surface area contributed by atoms with E-state index in [2.05, 4.69) is 5.32 Å². The van der Waals surface area contributed by atoms with Gasteiger partial charge in [0.2, 0.25) is 0 Å². The minimum absolute atomic E-state index is 0.0748. The van der Waals surface area contributed by atoms with Crippen LogP contribution in [0, 0.1) is 5.82 Å². The lowest BCUT2D eigenvalue weighted by molar-refractivity contribution is 0.0951. The molecule has 4 aromatic rings. The molecule has 0 aliphatic heterocycles. The third-order valence-electron chi connectivity index (χ3n) is 4.47. The van der Waals surface area contributed by atoms with Gasteiger partial charge in [-0.3, -0.25) is 4.79 Å². The second kappa shape index (κ2) is 8.29. The number of rotatable bonds is 5. The summed E-state index contributed by atoms with van der Waals surface area (Å²) in [6.07, 6.45) is 1.89. The van der Waals surface area contributed by atoms with Crippen molar-refractivity contribution in [2.24, 2.45) is 0 Å². The van der Waals surface area contributed by atoms with E-state index in [0.717, 1.165) is 28.6 Å². The molecule has 0 unspecified atom stereocenters. The molecule has 0 saturated heterocycles. The molecule has 4 nitrogen and oxygen atoms in total. The number of hydrogen-bond donors (Lipinski definition) is 1. The number of carbonyl (C=O) groups is 1. The molecule has 0 aliphatic carbocycles. The van der Waals surface area contributed by atoms with E-state index in [1.807, 2.05) is 66.9 Å². The van der Waals surface area contributed by atoms with Crippen molar-refractivity contribution in [3.05, 3.63) is 107 Å². The van der Waals surface area contributed by atoms with Gasteiger partial charge in [-0.05, 0) is 30.3 Å². The topological polar surface area (TPSA) is 46.9 Å². The molecule has 144 valence electrons. The molecule has 3 aromatic carbocycles. The predicted molar refractivity (Wildman–Crippen MR) is 112 cm³/mol. The molecule has 0 spiro atoms. The van der Waals surface area contributed by atoms with Crippen LogP contribution in [0.15, 0.2) is 85.1 Å². The minimum Gasteiger partial charge on any atom is -0.348 e. The number of aromatic nitrogens is 2. The maximum Gasteiger partial charge on any atom is 0.253 e. The second-order valence-electron chi connectivity index (χ2n) is 6.46. The SMILES string of the molecule is O=C(NCc1cn(-c2ccccc2)nc1-c1ccccc1)c1ccc(F)cc1Cl. The highest BCUT2D eigenvalue weighted by Crippen LogP contribution is 2.24. The van der Waals surface area contributed by atoms with Gasteiger partial charge in [0.05, 0.1) is 22.0 Å². The summed E-state index contributed by atoms with van der Waals surface area (Å²) in [4.78, 5) is 12.5. The van der Waals surface area contributed by atoms with Crippen LogP contribution in [0.3, 0.4) is 0 Å². The summed E-state index contributed by atoms with van der Waals surface area (Å²) < 4.78 is 15.0. The molecule has 0 aliphatic rings. The molecular formula is C23H17ClFN3O. The maximum absolute atomic E-state index is 13.2. The van der Waals surface area contributed by atoms with Gasteiger partial charge < -0.3 is 5.32 Å². The molecule has 0 atom stereocenters. The highest BCUT2D eigenvalue weighted by atomic mass is 35.5. The Kier molecular flexibility index (Phi) is 5.40. The van der Waals surface area contributed by atoms with Crippen LogP contribution < -0.4 is 5.32 Å². The summed E-state index contributed by atoms with van der Waals surface area (Å²) in [5.41, 5.74) is 3.73. The molecule has 0 fully saturated rings. The minimum atomic E-state index is -0.484. The van der Waals surface area contributed by atoms with E-state index in [1.165, 1.54) is 12.1 Å². The van der Waals surface area contributed by atoms with E-state index in [0.29, 0.717) is 0 Å². The van der Waals surface area contributed by atoms with Crippen LogP contribution in [0.5, 0.6) is 0 Å². The van der Waals surface area contributed by atoms with E-state index in [9.17, 15) is 9.18 Å². The van der Waals surface area contributed by atoms with Gasteiger partial charge in [-0.25, -0.2) is 9.07 Å². The molecular weight excluding hydrogens is 389 g/mol. The van der Waals surface area contributed by atoms with Crippen molar-refractivity contribution in [2.75, 3.05) is 0 Å². The zero-order chi connectivity index (χ0) is 20.2. The van der Waals surface area contributed by atoms with Crippen molar-refractivity contribution in [1.82, 2.24) is 15.1 Å². The standard InChI is InChI=1S/C23H17ClFN3O/c24-21-13-18(25)11-12-20(21)23(29)26-14-17-15-28(19-9-5-2-6-10-19)27-22(17)16-7-3-1-4-8-16/h1-13,15H,14H2,(H,26,29). The van der Waals surface area contributed by atoms with E-state index in [4.69, 9.17) is 16.7 Å². The average Bonchev–Trinajstić information content (AvgIpc) is 3.18. The fourth-order valence-corrected chi connectivity index (χ4v) is 3.29. The smallest absolute Gasteiger partial charge is 0.253 e. The molecule has 4 rings (SSSR count). The normalized spacial score (nSPS) is 10.7. The Morgan fingerprint density at radius 3 is 2.38 bits per heavy atom. The number of para-hydroxylation sites is 1. The predicted octanol–water partition coefficient (Wildman–Crippen LogP) is 5.26. The summed E-state index contributed by atoms with van der Waals surface area (Å²) in [5, 5.41) is 7.65. The molecule has 6 heteroatoms. The first-order chi connectivity index (χ1) is 14.1. The van der Waals surface area contributed by atoms with Crippen molar-refractivity contribution in [1.29, 1.82) is 0 Å². The third kappa shape index (κ3) is 4.20. The monoisotopic (exact) mass is 405 g/mol. The van der Waals surface area contributed by atoms with Gasteiger partial charge in [0, 0.05) is 23.9 Å². The first kappa shape index (κ1) is 18.9. The van der Waals surface area contributed by atoms with Crippen molar-refractivity contribution >= 4 is 17.5 Å². The van der Waals surface area contributed by atoms with Crippen LogP contribution in [0.4, 0.5) is 4.39 Å². The Hall–Kier alpha value is -3.44. The lowest BCUT2D eigenvalue weighted by Crippen LogP contribution is -2.23. The maximum atomic E-state index is 13.2.